The molecule has 0 amide bonds. The molecule has 0 bridgehead atoms. The van der Waals surface area contributed by atoms with Gasteiger partial charge in [0.15, 0.2) is 5.11 Å². The van der Waals surface area contributed by atoms with Crippen molar-refractivity contribution in [1.82, 2.24) is 10.3 Å². The van der Waals surface area contributed by atoms with Crippen LogP contribution in [0, 0.1) is 0 Å². The smallest absolute Gasteiger partial charge is 0.305 e. The van der Waals surface area contributed by atoms with E-state index in [9.17, 15) is 9.90 Å². The first-order chi connectivity index (χ1) is 14.9. The van der Waals surface area contributed by atoms with Crippen molar-refractivity contribution in [3.8, 4) is 5.75 Å². The Kier molecular flexibility index (Phi) is 8.11. The minimum Gasteiger partial charge on any atom is -0.497 e. The molecule has 9 heteroatoms. The summed E-state index contributed by atoms with van der Waals surface area (Å²) in [6, 6.07) is 17.8. The van der Waals surface area contributed by atoms with Gasteiger partial charge in [0.2, 0.25) is 0 Å². The van der Waals surface area contributed by atoms with Gasteiger partial charge in [0.05, 0.1) is 25.3 Å². The predicted molar refractivity (Wildman–Crippen MR) is 127 cm³/mol. The normalized spacial score (nSPS) is 11.4. The van der Waals surface area contributed by atoms with Gasteiger partial charge in [-0.05, 0) is 66.3 Å². The molecule has 1 aromatic heterocycles. The number of halogens is 1. The van der Waals surface area contributed by atoms with Gasteiger partial charge in [-0.2, -0.15) is 0 Å². The van der Waals surface area contributed by atoms with Gasteiger partial charge < -0.3 is 20.5 Å². The fraction of sp³-hybridized carbons (Fsp3) is 0.136. The number of nitrogens with one attached hydrogen (secondary N) is 2. The van der Waals surface area contributed by atoms with E-state index < -0.39 is 12.0 Å². The first kappa shape index (κ1) is 22.9. The number of rotatable bonds is 8. The highest BCUT2D eigenvalue weighted by atomic mass is 35.5. The fourth-order valence-corrected chi connectivity index (χ4v) is 4.00. The van der Waals surface area contributed by atoms with Crippen molar-refractivity contribution in [3.63, 3.8) is 0 Å². The molecule has 160 valence electrons. The van der Waals surface area contributed by atoms with Crippen molar-refractivity contribution in [3.05, 3.63) is 77.4 Å². The van der Waals surface area contributed by atoms with Gasteiger partial charge in [0.1, 0.15) is 10.8 Å². The zero-order chi connectivity index (χ0) is 22.2. The summed E-state index contributed by atoms with van der Waals surface area (Å²) in [4.78, 5) is 16.8. The Balaban J connectivity index is 1.75. The number of nitrogens with zero attached hydrogens (tertiary/aromatic N) is 1. The van der Waals surface area contributed by atoms with E-state index in [2.05, 4.69) is 15.6 Å². The number of hydrogen-bond acceptors (Lipinski definition) is 5. The molecule has 0 spiro atoms. The summed E-state index contributed by atoms with van der Waals surface area (Å²) in [6.45, 7) is 0. The van der Waals surface area contributed by atoms with E-state index in [0.29, 0.717) is 21.6 Å². The summed E-state index contributed by atoms with van der Waals surface area (Å²) in [5.41, 5.74) is 1.47. The van der Waals surface area contributed by atoms with Gasteiger partial charge in [0, 0.05) is 16.1 Å². The van der Waals surface area contributed by atoms with E-state index >= 15 is 0 Å². The Hall–Kier alpha value is -2.81. The predicted octanol–water partition coefficient (Wildman–Crippen LogP) is 5.40. The number of pyridine rings is 1. The third kappa shape index (κ3) is 6.85. The number of anilines is 1. The van der Waals surface area contributed by atoms with Crippen LogP contribution in [0.25, 0.3) is 0 Å². The largest absolute Gasteiger partial charge is 0.497 e. The number of benzene rings is 2. The summed E-state index contributed by atoms with van der Waals surface area (Å²) >= 11 is 12.9. The molecule has 0 saturated heterocycles. The average molecular weight is 474 g/mol. The van der Waals surface area contributed by atoms with Gasteiger partial charge in [-0.15, -0.1) is 0 Å². The lowest BCUT2D eigenvalue weighted by molar-refractivity contribution is -0.137. The number of hydrogen-bond donors (Lipinski definition) is 3. The maximum Gasteiger partial charge on any atom is 0.305 e. The number of thiocarbonyl (C=S) groups is 1. The standard InChI is InChI=1S/C22H20ClN3O3S2/c1-29-16-5-2-4-14(12-16)19(13-20(27)28)26-22(30)25-18-6-3-11-24-21(18)31-17-9-7-15(23)8-10-17/h2-12,19H,13H2,1H3,(H,27,28)(H2,25,26,30)/t19-/m0/s1. The number of aromatic nitrogens is 1. The topological polar surface area (TPSA) is 83.5 Å². The van der Waals surface area contributed by atoms with Gasteiger partial charge in [-0.25, -0.2) is 4.98 Å². The first-order valence-corrected chi connectivity index (χ1v) is 10.9. The highest BCUT2D eigenvalue weighted by Gasteiger charge is 2.18. The lowest BCUT2D eigenvalue weighted by Crippen LogP contribution is -2.33. The molecule has 0 aliphatic rings. The summed E-state index contributed by atoms with van der Waals surface area (Å²) in [5, 5.41) is 17.2. The van der Waals surface area contributed by atoms with E-state index in [-0.39, 0.29) is 6.42 Å². The van der Waals surface area contributed by atoms with Gasteiger partial charge in [-0.3, -0.25) is 4.79 Å². The first-order valence-electron chi connectivity index (χ1n) is 9.26. The number of carboxylic acid groups (broad SMARTS) is 1. The van der Waals surface area contributed by atoms with Crippen LogP contribution in [0.1, 0.15) is 18.0 Å². The molecule has 0 aliphatic carbocycles. The highest BCUT2D eigenvalue weighted by Crippen LogP contribution is 2.32. The van der Waals surface area contributed by atoms with Crippen LogP contribution in [0.15, 0.2) is 76.8 Å². The minimum atomic E-state index is -0.941. The van der Waals surface area contributed by atoms with Crippen LogP contribution in [0.5, 0.6) is 5.75 Å². The molecule has 0 fully saturated rings. The quantitative estimate of drug-likeness (QED) is 0.375. The lowest BCUT2D eigenvalue weighted by Gasteiger charge is -2.21. The Morgan fingerprint density at radius 1 is 1.23 bits per heavy atom. The van der Waals surface area contributed by atoms with E-state index in [1.165, 1.54) is 11.8 Å². The molecule has 1 heterocycles. The van der Waals surface area contributed by atoms with Crippen LogP contribution in [0.3, 0.4) is 0 Å². The van der Waals surface area contributed by atoms with Crippen LogP contribution in [0.4, 0.5) is 5.69 Å². The van der Waals surface area contributed by atoms with Gasteiger partial charge in [0.25, 0.3) is 0 Å². The third-order valence-electron chi connectivity index (χ3n) is 4.23. The molecule has 3 rings (SSSR count). The number of carboxylic acids is 1. The van der Waals surface area contributed by atoms with E-state index in [0.717, 1.165) is 15.5 Å². The monoisotopic (exact) mass is 473 g/mol. The average Bonchev–Trinajstić information content (AvgIpc) is 2.76. The Labute approximate surface area is 195 Å². The van der Waals surface area contributed by atoms with Crippen molar-refractivity contribution < 1.29 is 14.6 Å². The molecular formula is C22H20ClN3O3S2. The molecule has 1 atom stereocenters. The second-order valence-electron chi connectivity index (χ2n) is 6.44. The molecule has 0 unspecified atom stereocenters. The van der Waals surface area contributed by atoms with Gasteiger partial charge >= 0.3 is 5.97 Å². The minimum absolute atomic E-state index is 0.144. The van der Waals surface area contributed by atoms with Crippen LogP contribution >= 0.6 is 35.6 Å². The number of aliphatic carboxylic acids is 1. The molecule has 0 aliphatic heterocycles. The summed E-state index contributed by atoms with van der Waals surface area (Å²) in [5.74, 6) is -0.300. The van der Waals surface area contributed by atoms with Gasteiger partial charge in [-0.1, -0.05) is 35.5 Å². The SMILES string of the molecule is COc1cccc([C@H](CC(=O)O)NC(=S)Nc2cccnc2Sc2ccc(Cl)cc2)c1. The maximum atomic E-state index is 11.4. The number of ether oxygens (including phenoxy) is 1. The molecule has 3 N–H and O–H groups in total. The van der Waals surface area contributed by atoms with E-state index in [1.807, 2.05) is 42.5 Å². The van der Waals surface area contributed by atoms with Crippen molar-refractivity contribution in [2.45, 2.75) is 22.4 Å². The Morgan fingerprint density at radius 3 is 2.71 bits per heavy atom. The molecule has 0 saturated carbocycles. The van der Waals surface area contributed by atoms with E-state index in [4.69, 9.17) is 28.6 Å². The van der Waals surface area contributed by atoms with Crippen molar-refractivity contribution in [1.29, 1.82) is 0 Å². The molecule has 31 heavy (non-hydrogen) atoms. The van der Waals surface area contributed by atoms with Crippen LogP contribution in [-0.4, -0.2) is 28.3 Å². The van der Waals surface area contributed by atoms with Crippen LogP contribution < -0.4 is 15.4 Å². The lowest BCUT2D eigenvalue weighted by atomic mass is 10.0. The zero-order valence-corrected chi connectivity index (χ0v) is 18.9. The summed E-state index contributed by atoms with van der Waals surface area (Å²) in [7, 11) is 1.56. The Morgan fingerprint density at radius 2 is 2.00 bits per heavy atom. The maximum absolute atomic E-state index is 11.4. The zero-order valence-electron chi connectivity index (χ0n) is 16.5. The second-order valence-corrected chi connectivity index (χ2v) is 8.34. The number of methoxy groups -OCH3 is 1. The van der Waals surface area contributed by atoms with Crippen molar-refractivity contribution >= 4 is 52.3 Å². The molecular weight excluding hydrogens is 454 g/mol. The molecule has 3 aromatic rings. The van der Waals surface area contributed by atoms with Crippen LogP contribution in [0.2, 0.25) is 5.02 Å². The summed E-state index contributed by atoms with van der Waals surface area (Å²) < 4.78 is 5.25. The molecule has 2 aromatic carbocycles. The third-order valence-corrected chi connectivity index (χ3v) is 5.73. The molecule has 6 nitrogen and oxygen atoms in total. The van der Waals surface area contributed by atoms with E-state index in [1.54, 1.807) is 31.5 Å². The second kappa shape index (κ2) is 11.0. The van der Waals surface area contributed by atoms with Crippen LogP contribution in [-0.2, 0) is 4.79 Å². The van der Waals surface area contributed by atoms with Crippen molar-refractivity contribution in [2.24, 2.45) is 0 Å². The summed E-state index contributed by atoms with van der Waals surface area (Å²) in [6.07, 6.45) is 1.55. The molecule has 0 radical (unpaired) electrons. The Bertz CT molecular complexity index is 1060. The van der Waals surface area contributed by atoms with Crippen molar-refractivity contribution in [2.75, 3.05) is 12.4 Å². The number of carbonyl (C=O) groups is 1. The highest BCUT2D eigenvalue weighted by molar-refractivity contribution is 7.99. The fourth-order valence-electron chi connectivity index (χ4n) is 2.78.